The number of hydrogen-bond donors (Lipinski definition) is 8. The molecule has 190 valence electrons. The van der Waals surface area contributed by atoms with E-state index in [1.54, 1.807) is 0 Å². The predicted molar refractivity (Wildman–Crippen MR) is 121 cm³/mol. The molecule has 5 atom stereocenters. The molecule has 0 saturated carbocycles. The van der Waals surface area contributed by atoms with E-state index in [4.69, 9.17) is 16.6 Å². The van der Waals surface area contributed by atoms with Gasteiger partial charge in [-0.05, 0) is 51.2 Å². The molecule has 0 aromatic carbocycles. The van der Waals surface area contributed by atoms with Crippen LogP contribution in [0.4, 0.5) is 0 Å². The number of aliphatic hydroxyl groups is 1. The molecule has 0 aliphatic carbocycles. The van der Waals surface area contributed by atoms with Gasteiger partial charge >= 0.3 is 11.9 Å². The third-order valence-corrected chi connectivity index (χ3v) is 5.25. The normalized spacial score (nSPS) is 15.4. The quantitative estimate of drug-likeness (QED) is 0.0993. The molecule has 0 spiro atoms. The number of nitrogens with one attached hydrogen (secondary N) is 3. The van der Waals surface area contributed by atoms with E-state index in [0.29, 0.717) is 31.6 Å². The van der Waals surface area contributed by atoms with Gasteiger partial charge in [-0.2, -0.15) is 11.8 Å². The van der Waals surface area contributed by atoms with Crippen molar-refractivity contribution in [2.75, 3.05) is 18.6 Å². The Morgan fingerprint density at radius 2 is 1.52 bits per heavy atom. The predicted octanol–water partition coefficient (Wildman–Crippen LogP) is -2.41. The maximum Gasteiger partial charge on any atom is 0.326 e. The fourth-order valence-corrected chi connectivity index (χ4v) is 3.20. The Labute approximate surface area is 196 Å². The molecule has 0 aromatic rings. The van der Waals surface area contributed by atoms with Crippen LogP contribution in [0.1, 0.15) is 39.0 Å². The molecule has 0 aromatic heterocycles. The van der Waals surface area contributed by atoms with Gasteiger partial charge in [0.15, 0.2) is 0 Å². The topological polar surface area (TPSA) is 234 Å². The van der Waals surface area contributed by atoms with Crippen LogP contribution in [0, 0.1) is 0 Å². The van der Waals surface area contributed by atoms with E-state index in [9.17, 15) is 34.2 Å². The number of carbonyl (C=O) groups is 5. The lowest BCUT2D eigenvalue weighted by Gasteiger charge is -2.26. The third-order valence-electron chi connectivity index (χ3n) is 4.61. The Kier molecular flexibility index (Phi) is 15.0. The summed E-state index contributed by atoms with van der Waals surface area (Å²) in [6, 6.07) is -5.40. The van der Waals surface area contributed by atoms with Gasteiger partial charge in [-0.15, -0.1) is 0 Å². The highest BCUT2D eigenvalue weighted by Gasteiger charge is 2.33. The zero-order valence-corrected chi connectivity index (χ0v) is 19.6. The highest BCUT2D eigenvalue weighted by Crippen LogP contribution is 2.05. The Hall–Kier alpha value is -2.42. The molecule has 10 N–H and O–H groups in total. The molecule has 0 fully saturated rings. The Morgan fingerprint density at radius 1 is 0.909 bits per heavy atom. The van der Waals surface area contributed by atoms with E-state index in [0.717, 1.165) is 0 Å². The molecule has 13 nitrogen and oxygen atoms in total. The number of carboxylic acids is 2. The second-order valence-electron chi connectivity index (χ2n) is 7.46. The first-order chi connectivity index (χ1) is 15.4. The zero-order valence-electron chi connectivity index (χ0n) is 18.8. The summed E-state index contributed by atoms with van der Waals surface area (Å²) in [5.74, 6) is -4.88. The van der Waals surface area contributed by atoms with Crippen LogP contribution < -0.4 is 27.4 Å². The second kappa shape index (κ2) is 16.2. The van der Waals surface area contributed by atoms with Crippen molar-refractivity contribution in [1.82, 2.24) is 16.0 Å². The molecule has 0 heterocycles. The summed E-state index contributed by atoms with van der Waals surface area (Å²) in [6.45, 7) is 1.54. The molecular weight excluding hydrogens is 458 g/mol. The van der Waals surface area contributed by atoms with Crippen molar-refractivity contribution in [3.05, 3.63) is 0 Å². The molecule has 3 amide bonds. The van der Waals surface area contributed by atoms with E-state index >= 15 is 0 Å². The van der Waals surface area contributed by atoms with E-state index < -0.39 is 66.4 Å². The first kappa shape index (κ1) is 30.6. The van der Waals surface area contributed by atoms with Crippen LogP contribution in [0.15, 0.2) is 0 Å². The largest absolute Gasteiger partial charge is 0.481 e. The number of aliphatic hydroxyl groups excluding tert-OH is 1. The summed E-state index contributed by atoms with van der Waals surface area (Å²) in [5, 5.41) is 35.0. The minimum atomic E-state index is -1.59. The highest BCUT2D eigenvalue weighted by molar-refractivity contribution is 7.98. The van der Waals surface area contributed by atoms with Gasteiger partial charge in [-0.25, -0.2) is 4.79 Å². The van der Waals surface area contributed by atoms with E-state index in [2.05, 4.69) is 16.0 Å². The van der Waals surface area contributed by atoms with E-state index in [-0.39, 0.29) is 6.42 Å². The number of carboxylic acid groups (broad SMARTS) is 2. The van der Waals surface area contributed by atoms with Crippen LogP contribution in [-0.4, -0.2) is 93.8 Å². The Morgan fingerprint density at radius 3 is 2.00 bits per heavy atom. The lowest BCUT2D eigenvalue weighted by Crippen LogP contribution is -2.60. The molecular formula is C19H35N5O8S. The molecule has 5 unspecified atom stereocenters. The fourth-order valence-electron chi connectivity index (χ4n) is 2.71. The third kappa shape index (κ3) is 12.4. The van der Waals surface area contributed by atoms with Crippen LogP contribution >= 0.6 is 11.8 Å². The molecule has 0 aliphatic rings. The van der Waals surface area contributed by atoms with Gasteiger partial charge in [0.1, 0.15) is 18.1 Å². The Bertz CT molecular complexity index is 679. The minimum absolute atomic E-state index is 0.0877. The molecule has 0 aliphatic heterocycles. The van der Waals surface area contributed by atoms with Crippen LogP contribution in [0.3, 0.4) is 0 Å². The van der Waals surface area contributed by atoms with Gasteiger partial charge < -0.3 is 42.7 Å². The number of hydrogen-bond acceptors (Lipinski definition) is 9. The van der Waals surface area contributed by atoms with Crippen LogP contribution in [0.25, 0.3) is 0 Å². The molecule has 0 rings (SSSR count). The fraction of sp³-hybridized carbons (Fsp3) is 0.737. The molecule has 0 radical (unpaired) electrons. The average molecular weight is 494 g/mol. The summed E-state index contributed by atoms with van der Waals surface area (Å²) in [7, 11) is 0. The van der Waals surface area contributed by atoms with Gasteiger partial charge in [0.25, 0.3) is 0 Å². The summed E-state index contributed by atoms with van der Waals surface area (Å²) in [4.78, 5) is 60.0. The van der Waals surface area contributed by atoms with Crippen LogP contribution in [-0.2, 0) is 24.0 Å². The number of amides is 3. The van der Waals surface area contributed by atoms with E-state index in [1.807, 2.05) is 6.26 Å². The second-order valence-corrected chi connectivity index (χ2v) is 8.44. The molecule has 14 heteroatoms. The Balaban J connectivity index is 5.34. The standard InChI is InChI=1S/C19H35N5O8S/c1-10(25)15(18(30)22-12(19(31)32)5-3-4-7-20)24-17(29)13(9-14(26)27)23-16(28)11(21)6-8-33-2/h10-13,15,25H,3-9,20-21H2,1-2H3,(H,22,30)(H,23,28)(H,24,29)(H,26,27)(H,31,32). The van der Waals surface area contributed by atoms with Crippen molar-refractivity contribution < 1.29 is 39.3 Å². The summed E-state index contributed by atoms with van der Waals surface area (Å²) >= 11 is 1.46. The summed E-state index contributed by atoms with van der Waals surface area (Å²) in [5.41, 5.74) is 11.1. The smallest absolute Gasteiger partial charge is 0.326 e. The lowest BCUT2D eigenvalue weighted by molar-refractivity contribution is -0.144. The minimum Gasteiger partial charge on any atom is -0.481 e. The van der Waals surface area contributed by atoms with Crippen molar-refractivity contribution in [2.45, 2.75) is 69.3 Å². The number of aliphatic carboxylic acids is 2. The van der Waals surface area contributed by atoms with Crippen molar-refractivity contribution in [3.8, 4) is 0 Å². The van der Waals surface area contributed by atoms with Crippen molar-refractivity contribution in [3.63, 3.8) is 0 Å². The van der Waals surface area contributed by atoms with E-state index in [1.165, 1.54) is 18.7 Å². The van der Waals surface area contributed by atoms with Crippen molar-refractivity contribution in [2.24, 2.45) is 11.5 Å². The molecule has 0 bridgehead atoms. The summed E-state index contributed by atoms with van der Waals surface area (Å²) in [6.07, 6.45) is 0.947. The van der Waals surface area contributed by atoms with Crippen LogP contribution in [0.5, 0.6) is 0 Å². The monoisotopic (exact) mass is 493 g/mol. The number of thioether (sulfide) groups is 1. The van der Waals surface area contributed by atoms with Gasteiger partial charge in [-0.3, -0.25) is 19.2 Å². The van der Waals surface area contributed by atoms with Crippen molar-refractivity contribution >= 4 is 41.4 Å². The van der Waals surface area contributed by atoms with Crippen molar-refractivity contribution in [1.29, 1.82) is 0 Å². The number of rotatable bonds is 17. The number of carbonyl (C=O) groups excluding carboxylic acids is 3. The first-order valence-electron chi connectivity index (χ1n) is 10.4. The molecule has 33 heavy (non-hydrogen) atoms. The number of unbranched alkanes of at least 4 members (excludes halogenated alkanes) is 1. The van der Waals surface area contributed by atoms with Gasteiger partial charge in [-0.1, -0.05) is 0 Å². The SMILES string of the molecule is CSCCC(N)C(=O)NC(CC(=O)O)C(=O)NC(C(=O)NC(CCCCN)C(=O)O)C(C)O. The molecule has 0 saturated heterocycles. The zero-order chi connectivity index (χ0) is 25.6. The first-order valence-corrected chi connectivity index (χ1v) is 11.8. The van der Waals surface area contributed by atoms with Gasteiger partial charge in [0, 0.05) is 0 Å². The average Bonchev–Trinajstić information content (AvgIpc) is 2.73. The maximum absolute atomic E-state index is 12.6. The maximum atomic E-state index is 12.6. The van der Waals surface area contributed by atoms with Gasteiger partial charge in [0.2, 0.25) is 17.7 Å². The number of nitrogens with two attached hydrogens (primary N) is 2. The summed E-state index contributed by atoms with van der Waals surface area (Å²) < 4.78 is 0. The lowest BCUT2D eigenvalue weighted by atomic mass is 10.1. The van der Waals surface area contributed by atoms with Crippen LogP contribution in [0.2, 0.25) is 0 Å². The highest BCUT2D eigenvalue weighted by atomic mass is 32.2. The van der Waals surface area contributed by atoms with Gasteiger partial charge in [0.05, 0.1) is 18.6 Å².